The van der Waals surface area contributed by atoms with Crippen molar-refractivity contribution in [3.05, 3.63) is 28.2 Å². The van der Waals surface area contributed by atoms with Gasteiger partial charge in [-0.1, -0.05) is 0 Å². The van der Waals surface area contributed by atoms with Crippen LogP contribution in [-0.2, 0) is 0 Å². The Morgan fingerprint density at radius 2 is 2.21 bits per heavy atom. The van der Waals surface area contributed by atoms with Crippen LogP contribution in [0.3, 0.4) is 0 Å². The maximum absolute atomic E-state index is 7.51. The van der Waals surface area contributed by atoms with E-state index < -0.39 is 0 Å². The lowest BCUT2D eigenvalue weighted by Crippen LogP contribution is -2.45. The standard InChI is InChI=1S/C14H21BrN4/c1-18(2)11-4-3-7-19(9-11)10-5-6-12(14(16)17)13(15)8-10/h5-6,8,11H,3-4,7,9H2,1-2H3,(H3,16,17). The Balaban J connectivity index is 2.18. The molecule has 0 amide bonds. The van der Waals surface area contributed by atoms with Gasteiger partial charge >= 0.3 is 0 Å². The van der Waals surface area contributed by atoms with Crippen LogP contribution in [0.15, 0.2) is 22.7 Å². The second-order valence-corrected chi connectivity index (χ2v) is 6.14. The van der Waals surface area contributed by atoms with E-state index in [1.165, 1.54) is 18.5 Å². The molecule has 0 aliphatic carbocycles. The predicted molar refractivity (Wildman–Crippen MR) is 84.1 cm³/mol. The minimum absolute atomic E-state index is 0.100. The highest BCUT2D eigenvalue weighted by molar-refractivity contribution is 9.10. The van der Waals surface area contributed by atoms with E-state index in [1.807, 2.05) is 6.07 Å². The number of halogens is 1. The zero-order valence-electron chi connectivity index (χ0n) is 11.5. The van der Waals surface area contributed by atoms with Crippen molar-refractivity contribution in [3.8, 4) is 0 Å². The number of nitrogen functional groups attached to an aromatic ring is 1. The third-order valence-electron chi connectivity index (χ3n) is 3.73. The van der Waals surface area contributed by atoms with E-state index in [9.17, 15) is 0 Å². The second kappa shape index (κ2) is 5.92. The summed E-state index contributed by atoms with van der Waals surface area (Å²) in [6, 6.07) is 6.65. The minimum atomic E-state index is 0.100. The van der Waals surface area contributed by atoms with E-state index >= 15 is 0 Å². The van der Waals surface area contributed by atoms with Gasteiger partial charge in [0.25, 0.3) is 0 Å². The van der Waals surface area contributed by atoms with E-state index in [1.54, 1.807) is 0 Å². The molecule has 1 unspecified atom stereocenters. The van der Waals surface area contributed by atoms with Gasteiger partial charge in [0.15, 0.2) is 0 Å². The monoisotopic (exact) mass is 324 g/mol. The van der Waals surface area contributed by atoms with Crippen molar-refractivity contribution in [3.63, 3.8) is 0 Å². The van der Waals surface area contributed by atoms with Gasteiger partial charge < -0.3 is 15.5 Å². The molecule has 5 heteroatoms. The van der Waals surface area contributed by atoms with Crippen LogP contribution >= 0.6 is 15.9 Å². The van der Waals surface area contributed by atoms with E-state index in [2.05, 4.69) is 52.0 Å². The molecule has 1 aliphatic rings. The van der Waals surface area contributed by atoms with Crippen LogP contribution in [0.4, 0.5) is 5.69 Å². The summed E-state index contributed by atoms with van der Waals surface area (Å²) in [5.41, 5.74) is 7.49. The summed E-state index contributed by atoms with van der Waals surface area (Å²) in [5, 5.41) is 7.51. The molecular weight excluding hydrogens is 304 g/mol. The Bertz CT molecular complexity index is 473. The predicted octanol–water partition coefficient (Wildman–Crippen LogP) is 2.26. The van der Waals surface area contributed by atoms with Crippen LogP contribution in [0.25, 0.3) is 0 Å². The van der Waals surface area contributed by atoms with Gasteiger partial charge in [-0.2, -0.15) is 0 Å². The van der Waals surface area contributed by atoms with Crippen LogP contribution in [0.5, 0.6) is 0 Å². The van der Waals surface area contributed by atoms with E-state index in [0.29, 0.717) is 6.04 Å². The van der Waals surface area contributed by atoms with Gasteiger partial charge in [-0.15, -0.1) is 0 Å². The maximum Gasteiger partial charge on any atom is 0.123 e. The molecule has 1 saturated heterocycles. The Kier molecular flexibility index (Phi) is 4.47. The molecule has 1 heterocycles. The molecule has 1 aromatic rings. The summed E-state index contributed by atoms with van der Waals surface area (Å²) in [4.78, 5) is 4.70. The zero-order valence-corrected chi connectivity index (χ0v) is 13.1. The highest BCUT2D eigenvalue weighted by Crippen LogP contribution is 2.27. The van der Waals surface area contributed by atoms with Gasteiger partial charge in [0.2, 0.25) is 0 Å². The van der Waals surface area contributed by atoms with Gasteiger partial charge in [-0.25, -0.2) is 0 Å². The van der Waals surface area contributed by atoms with Crippen LogP contribution in [0.1, 0.15) is 18.4 Å². The molecule has 0 bridgehead atoms. The number of benzene rings is 1. The first kappa shape index (κ1) is 14.3. The highest BCUT2D eigenvalue weighted by Gasteiger charge is 2.22. The molecule has 104 valence electrons. The number of piperidine rings is 1. The van der Waals surface area contributed by atoms with Gasteiger partial charge in [0.1, 0.15) is 5.84 Å². The molecule has 0 saturated carbocycles. The van der Waals surface area contributed by atoms with E-state index in [-0.39, 0.29) is 5.84 Å². The van der Waals surface area contributed by atoms with Crippen LogP contribution in [0, 0.1) is 5.41 Å². The summed E-state index contributed by atoms with van der Waals surface area (Å²) < 4.78 is 0.893. The summed E-state index contributed by atoms with van der Waals surface area (Å²) in [5.74, 6) is 0.100. The molecule has 1 atom stereocenters. The number of rotatable bonds is 3. The Morgan fingerprint density at radius 1 is 1.47 bits per heavy atom. The summed E-state index contributed by atoms with van der Waals surface area (Å²) in [6.07, 6.45) is 2.48. The van der Waals surface area contributed by atoms with Crippen molar-refractivity contribution in [2.24, 2.45) is 5.73 Å². The Morgan fingerprint density at radius 3 is 2.79 bits per heavy atom. The molecule has 2 rings (SSSR count). The van der Waals surface area contributed by atoms with E-state index in [4.69, 9.17) is 11.1 Å². The van der Waals surface area contributed by atoms with Gasteiger partial charge in [0, 0.05) is 34.9 Å². The Hall–Kier alpha value is -1.07. The molecule has 1 aliphatic heterocycles. The van der Waals surface area contributed by atoms with Gasteiger partial charge in [0.05, 0.1) is 0 Å². The molecule has 1 fully saturated rings. The third-order valence-corrected chi connectivity index (χ3v) is 4.39. The number of hydrogen-bond donors (Lipinski definition) is 2. The SMILES string of the molecule is CN(C)C1CCCN(c2ccc(C(=N)N)c(Br)c2)C1. The first-order valence-corrected chi connectivity index (χ1v) is 7.33. The fourth-order valence-electron chi connectivity index (χ4n) is 2.53. The van der Waals surface area contributed by atoms with Gasteiger partial charge in [-0.3, -0.25) is 5.41 Å². The van der Waals surface area contributed by atoms with Crippen molar-refractivity contribution < 1.29 is 0 Å². The zero-order chi connectivity index (χ0) is 14.0. The molecular formula is C14H21BrN4. The quantitative estimate of drug-likeness (QED) is 0.662. The Labute approximate surface area is 123 Å². The topological polar surface area (TPSA) is 56.4 Å². The lowest BCUT2D eigenvalue weighted by molar-refractivity contribution is 0.258. The maximum atomic E-state index is 7.51. The molecule has 0 aromatic heterocycles. The van der Waals surface area contributed by atoms with Crippen molar-refractivity contribution >= 4 is 27.5 Å². The number of amidine groups is 1. The largest absolute Gasteiger partial charge is 0.384 e. The number of nitrogens with zero attached hydrogens (tertiary/aromatic N) is 2. The van der Waals surface area contributed by atoms with Crippen molar-refractivity contribution in [1.82, 2.24) is 4.90 Å². The fourth-order valence-corrected chi connectivity index (χ4v) is 3.11. The molecule has 0 spiro atoms. The summed E-state index contributed by atoms with van der Waals surface area (Å²) in [6.45, 7) is 2.15. The number of nitrogens with two attached hydrogens (primary N) is 1. The fraction of sp³-hybridized carbons (Fsp3) is 0.500. The van der Waals surface area contributed by atoms with Crippen molar-refractivity contribution in [1.29, 1.82) is 5.41 Å². The average Bonchev–Trinajstić information content (AvgIpc) is 2.38. The normalized spacial score (nSPS) is 19.8. The lowest BCUT2D eigenvalue weighted by atomic mass is 10.0. The van der Waals surface area contributed by atoms with E-state index in [0.717, 1.165) is 23.1 Å². The van der Waals surface area contributed by atoms with Crippen LogP contribution in [0.2, 0.25) is 0 Å². The first-order chi connectivity index (χ1) is 8.99. The smallest absolute Gasteiger partial charge is 0.123 e. The highest BCUT2D eigenvalue weighted by atomic mass is 79.9. The van der Waals surface area contributed by atoms with Crippen LogP contribution in [-0.4, -0.2) is 44.0 Å². The van der Waals surface area contributed by atoms with Crippen molar-refractivity contribution in [2.75, 3.05) is 32.1 Å². The molecule has 19 heavy (non-hydrogen) atoms. The summed E-state index contributed by atoms with van der Waals surface area (Å²) >= 11 is 3.50. The number of nitrogens with one attached hydrogen (secondary N) is 1. The minimum Gasteiger partial charge on any atom is -0.384 e. The molecule has 4 nitrogen and oxygen atoms in total. The summed E-state index contributed by atoms with van der Waals surface area (Å²) in [7, 11) is 4.28. The molecule has 0 radical (unpaired) electrons. The number of anilines is 1. The third kappa shape index (κ3) is 3.28. The first-order valence-electron chi connectivity index (χ1n) is 6.54. The average molecular weight is 325 g/mol. The second-order valence-electron chi connectivity index (χ2n) is 5.28. The number of hydrogen-bond acceptors (Lipinski definition) is 3. The molecule has 1 aromatic carbocycles. The molecule has 3 N–H and O–H groups in total. The number of likely N-dealkylation sites (N-methyl/N-ethyl adjacent to an activating group) is 1. The van der Waals surface area contributed by atoms with Crippen LogP contribution < -0.4 is 10.6 Å². The lowest BCUT2D eigenvalue weighted by Gasteiger charge is -2.37. The van der Waals surface area contributed by atoms with Gasteiger partial charge in [-0.05, 0) is 61.1 Å². The van der Waals surface area contributed by atoms with Crippen molar-refractivity contribution in [2.45, 2.75) is 18.9 Å².